The normalized spacial score (nSPS) is 19.7. The Labute approximate surface area is 215 Å². The Morgan fingerprint density at radius 3 is 2.33 bits per heavy atom. The van der Waals surface area contributed by atoms with Crippen LogP contribution in [0.1, 0.15) is 52.9 Å². The Bertz CT molecular complexity index is 735. The van der Waals surface area contributed by atoms with Crippen molar-refractivity contribution in [3.8, 4) is 0 Å². The van der Waals surface area contributed by atoms with E-state index in [1.165, 1.54) is 14.2 Å². The maximum Gasteiger partial charge on any atom is 0.325 e. The zero-order valence-electron chi connectivity index (χ0n) is 23.0. The number of ether oxygens (including phenoxy) is 3. The maximum atomic E-state index is 13.5. The number of likely N-dealkylation sites (tertiary alicyclic amines) is 1. The Morgan fingerprint density at radius 2 is 1.81 bits per heavy atom. The van der Waals surface area contributed by atoms with Gasteiger partial charge in [0.05, 0.1) is 43.7 Å². The van der Waals surface area contributed by atoms with E-state index < -0.39 is 24.1 Å². The van der Waals surface area contributed by atoms with Crippen molar-refractivity contribution in [1.29, 1.82) is 0 Å². The Hall–Kier alpha value is -2.24. The lowest BCUT2D eigenvalue weighted by atomic mass is 9.90. The highest BCUT2D eigenvalue weighted by atomic mass is 16.5. The quantitative estimate of drug-likeness (QED) is 0.302. The standard InChI is InChI=1S/C25H46N4O7/c1-8-16(2)23(28(4)20(30)11-12-26)19(34-5)14-21(31)29-13-9-10-18(29)24(36-7)17(3)25(33)27-15-22(32)35-6/h16-19,23-24H,8-15,26H2,1-7H3,(H,27,33)/t16-,17+,18-,19+,23-,24+/m0/s1. The van der Waals surface area contributed by atoms with Crippen molar-refractivity contribution in [1.82, 2.24) is 15.1 Å². The van der Waals surface area contributed by atoms with Crippen molar-refractivity contribution in [2.45, 2.75) is 77.2 Å². The second kappa shape index (κ2) is 15.8. The predicted molar refractivity (Wildman–Crippen MR) is 135 cm³/mol. The number of hydrogen-bond donors (Lipinski definition) is 2. The van der Waals surface area contributed by atoms with Crippen LogP contribution in [0.5, 0.6) is 0 Å². The molecule has 1 rings (SSSR count). The van der Waals surface area contributed by atoms with Gasteiger partial charge < -0.3 is 35.1 Å². The van der Waals surface area contributed by atoms with E-state index in [-0.39, 0.29) is 61.7 Å². The first-order valence-corrected chi connectivity index (χ1v) is 12.7. The molecule has 0 spiro atoms. The third-order valence-corrected chi connectivity index (χ3v) is 7.30. The van der Waals surface area contributed by atoms with E-state index in [0.29, 0.717) is 13.0 Å². The maximum absolute atomic E-state index is 13.5. The lowest BCUT2D eigenvalue weighted by molar-refractivity contribution is -0.146. The molecule has 3 amide bonds. The van der Waals surface area contributed by atoms with Crippen LogP contribution in [0.2, 0.25) is 0 Å². The number of amides is 3. The highest BCUT2D eigenvalue weighted by Crippen LogP contribution is 2.29. The minimum Gasteiger partial charge on any atom is -0.468 e. The fourth-order valence-corrected chi connectivity index (χ4v) is 5.02. The van der Waals surface area contributed by atoms with Crippen molar-refractivity contribution in [3.05, 3.63) is 0 Å². The summed E-state index contributed by atoms with van der Waals surface area (Å²) < 4.78 is 16.0. The number of rotatable bonds is 15. The summed E-state index contributed by atoms with van der Waals surface area (Å²) in [5.41, 5.74) is 5.59. The van der Waals surface area contributed by atoms with Crippen molar-refractivity contribution in [2.75, 3.05) is 48.0 Å². The van der Waals surface area contributed by atoms with Gasteiger partial charge in [-0.15, -0.1) is 0 Å². The van der Waals surface area contributed by atoms with Gasteiger partial charge in [0.1, 0.15) is 6.54 Å². The van der Waals surface area contributed by atoms with Gasteiger partial charge in [-0.2, -0.15) is 0 Å². The third-order valence-electron chi connectivity index (χ3n) is 7.30. The fraction of sp³-hybridized carbons (Fsp3) is 0.840. The van der Waals surface area contributed by atoms with Gasteiger partial charge in [-0.25, -0.2) is 0 Å². The van der Waals surface area contributed by atoms with Gasteiger partial charge in [0.2, 0.25) is 17.7 Å². The summed E-state index contributed by atoms with van der Waals surface area (Å²) in [5.74, 6) is -1.57. The number of hydrogen-bond acceptors (Lipinski definition) is 8. The van der Waals surface area contributed by atoms with Crippen LogP contribution in [0.3, 0.4) is 0 Å². The number of methoxy groups -OCH3 is 3. The average molecular weight is 515 g/mol. The summed E-state index contributed by atoms with van der Waals surface area (Å²) >= 11 is 0. The molecule has 11 nitrogen and oxygen atoms in total. The second-order valence-corrected chi connectivity index (χ2v) is 9.48. The summed E-state index contributed by atoms with van der Waals surface area (Å²) in [7, 11) is 6.06. The molecule has 1 aliphatic rings. The molecule has 0 aromatic carbocycles. The third kappa shape index (κ3) is 8.41. The number of likely N-dealkylation sites (N-methyl/N-ethyl adjacent to an activating group) is 1. The molecule has 0 radical (unpaired) electrons. The first-order chi connectivity index (χ1) is 17.1. The summed E-state index contributed by atoms with van der Waals surface area (Å²) in [4.78, 5) is 53.6. The fourth-order valence-electron chi connectivity index (χ4n) is 5.02. The van der Waals surface area contributed by atoms with Gasteiger partial charge in [0.15, 0.2) is 0 Å². The molecular weight excluding hydrogens is 468 g/mol. The van der Waals surface area contributed by atoms with Crippen LogP contribution in [-0.4, -0.2) is 106 Å². The van der Waals surface area contributed by atoms with Gasteiger partial charge in [0, 0.05) is 40.8 Å². The Kier molecular flexibility index (Phi) is 13.9. The molecule has 36 heavy (non-hydrogen) atoms. The number of nitrogens with one attached hydrogen (secondary N) is 1. The van der Waals surface area contributed by atoms with Crippen molar-refractivity contribution in [2.24, 2.45) is 17.6 Å². The predicted octanol–water partition coefficient (Wildman–Crippen LogP) is 0.545. The van der Waals surface area contributed by atoms with Crippen LogP contribution < -0.4 is 11.1 Å². The topological polar surface area (TPSA) is 141 Å². The van der Waals surface area contributed by atoms with Gasteiger partial charge in [0.25, 0.3) is 0 Å². The smallest absolute Gasteiger partial charge is 0.325 e. The summed E-state index contributed by atoms with van der Waals surface area (Å²) in [6.07, 6.45) is 1.58. The van der Waals surface area contributed by atoms with Gasteiger partial charge in [-0.3, -0.25) is 19.2 Å². The van der Waals surface area contributed by atoms with Crippen molar-refractivity contribution < 1.29 is 33.4 Å². The number of nitrogens with zero attached hydrogens (tertiary/aromatic N) is 2. The van der Waals surface area contributed by atoms with E-state index >= 15 is 0 Å². The minimum atomic E-state index is -0.593. The van der Waals surface area contributed by atoms with Gasteiger partial charge in [-0.1, -0.05) is 27.2 Å². The molecule has 1 heterocycles. The number of carbonyl (C=O) groups is 4. The second-order valence-electron chi connectivity index (χ2n) is 9.48. The van der Waals surface area contributed by atoms with E-state index in [2.05, 4.69) is 10.1 Å². The molecule has 3 N–H and O–H groups in total. The van der Waals surface area contributed by atoms with E-state index in [4.69, 9.17) is 15.2 Å². The van der Waals surface area contributed by atoms with Crippen LogP contribution in [0, 0.1) is 11.8 Å². The summed E-state index contributed by atoms with van der Waals surface area (Å²) in [6, 6.07) is -0.581. The first-order valence-electron chi connectivity index (χ1n) is 12.7. The number of carbonyl (C=O) groups excluding carboxylic acids is 4. The van der Waals surface area contributed by atoms with E-state index in [9.17, 15) is 19.2 Å². The first kappa shape index (κ1) is 31.8. The Morgan fingerprint density at radius 1 is 1.14 bits per heavy atom. The summed E-state index contributed by atoms with van der Waals surface area (Å²) in [5, 5.41) is 2.56. The molecule has 1 saturated heterocycles. The average Bonchev–Trinajstić information content (AvgIpc) is 3.36. The molecule has 0 bridgehead atoms. The monoisotopic (exact) mass is 514 g/mol. The van der Waals surface area contributed by atoms with E-state index in [0.717, 1.165) is 12.8 Å². The number of nitrogens with two attached hydrogens (primary N) is 1. The van der Waals surface area contributed by atoms with Crippen LogP contribution in [0.4, 0.5) is 0 Å². The minimum absolute atomic E-state index is 0.0809. The Balaban J connectivity index is 3.02. The zero-order valence-corrected chi connectivity index (χ0v) is 23.0. The number of esters is 1. The molecule has 1 fully saturated rings. The lowest BCUT2D eigenvalue weighted by Crippen LogP contribution is -2.53. The molecule has 0 aromatic rings. The lowest BCUT2D eigenvalue weighted by Gasteiger charge is -2.39. The highest BCUT2D eigenvalue weighted by Gasteiger charge is 2.41. The molecule has 6 atom stereocenters. The van der Waals surface area contributed by atoms with Gasteiger partial charge >= 0.3 is 5.97 Å². The molecule has 0 unspecified atom stereocenters. The molecule has 0 aliphatic carbocycles. The van der Waals surface area contributed by atoms with E-state index in [1.807, 2.05) is 13.8 Å². The molecule has 0 saturated carbocycles. The van der Waals surface area contributed by atoms with Crippen molar-refractivity contribution in [3.63, 3.8) is 0 Å². The van der Waals surface area contributed by atoms with Crippen LogP contribution in [-0.2, 0) is 33.4 Å². The van der Waals surface area contributed by atoms with Crippen LogP contribution in [0.15, 0.2) is 0 Å². The van der Waals surface area contributed by atoms with Crippen LogP contribution >= 0.6 is 0 Å². The largest absolute Gasteiger partial charge is 0.468 e. The molecule has 1 aliphatic heterocycles. The van der Waals surface area contributed by atoms with Crippen molar-refractivity contribution >= 4 is 23.7 Å². The molecule has 0 aromatic heterocycles. The molecule has 11 heteroatoms. The van der Waals surface area contributed by atoms with Gasteiger partial charge in [-0.05, 0) is 18.8 Å². The van der Waals surface area contributed by atoms with Crippen LogP contribution in [0.25, 0.3) is 0 Å². The van der Waals surface area contributed by atoms with E-state index in [1.54, 1.807) is 30.9 Å². The molecular formula is C25H46N4O7. The summed E-state index contributed by atoms with van der Waals surface area (Å²) in [6.45, 7) is 6.38. The SMILES string of the molecule is CC[C@H](C)[C@@H]([C@@H](CC(=O)N1CCC[C@H]1[C@H](OC)[C@@H](C)C(=O)NCC(=O)OC)OC)N(C)C(=O)CCN. The molecule has 208 valence electrons. The zero-order chi connectivity index (χ0) is 27.4. The highest BCUT2D eigenvalue weighted by molar-refractivity contribution is 5.84.